The average Bonchev–Trinajstić information content (AvgIpc) is 3.59. The van der Waals surface area contributed by atoms with E-state index in [1.807, 2.05) is 12.3 Å². The first-order valence-electron chi connectivity index (χ1n) is 17.7. The smallest absolute Gasteiger partial charge is 0.509 e. The molecule has 0 aliphatic heterocycles. The van der Waals surface area contributed by atoms with Gasteiger partial charge in [-0.15, -0.1) is 41.3 Å². The van der Waals surface area contributed by atoms with Crippen LogP contribution in [0.1, 0.15) is 93.9 Å². The summed E-state index contributed by atoms with van der Waals surface area (Å²) in [5.74, 6) is 2.73. The van der Waals surface area contributed by atoms with Crippen LogP contribution in [0.15, 0.2) is 85.1 Å². The Hall–Kier alpha value is -4.47. The third-order valence-electron chi connectivity index (χ3n) is 9.74. The molecule has 7 aromatic rings. The summed E-state index contributed by atoms with van der Waals surface area (Å²) < 4.78 is 11.0. The SMILES string of the molecule is Cc1cccc(C)c1-c1c(C)nn(-c2[c-]c(Oc3[c-]c4c(cc3)c3ccccc3n4-c3cc(C(C)C)ccn3)cc(C(C)(C)C)c2)c1C(C)C.[Pt+2]. The molecule has 0 N–H and O–H groups in total. The first kappa shape index (κ1) is 36.3. The molecule has 0 atom stereocenters. The molecule has 6 heteroatoms. The van der Waals surface area contributed by atoms with Crippen molar-refractivity contribution in [3.8, 4) is 34.1 Å². The number of aromatic nitrogens is 4. The number of aryl methyl sites for hydroxylation is 3. The molecule has 3 aromatic heterocycles. The molecule has 0 saturated heterocycles. The van der Waals surface area contributed by atoms with Gasteiger partial charge in [-0.3, -0.25) is 4.68 Å². The number of ether oxygens (including phenoxy) is 1. The van der Waals surface area contributed by atoms with Crippen LogP contribution in [0.4, 0.5) is 0 Å². The largest absolute Gasteiger partial charge is 2.00 e. The molecule has 7 rings (SSSR count). The summed E-state index contributed by atoms with van der Waals surface area (Å²) in [7, 11) is 0. The second-order valence-electron chi connectivity index (χ2n) is 15.2. The van der Waals surface area contributed by atoms with Gasteiger partial charge in [0.1, 0.15) is 5.82 Å². The van der Waals surface area contributed by atoms with Gasteiger partial charge in [-0.25, -0.2) is 4.98 Å². The third-order valence-corrected chi connectivity index (χ3v) is 9.74. The van der Waals surface area contributed by atoms with Crippen molar-refractivity contribution in [3.05, 3.63) is 131 Å². The molecule has 262 valence electrons. The van der Waals surface area contributed by atoms with Gasteiger partial charge in [-0.05, 0) is 89.5 Å². The number of nitrogens with zero attached hydrogens (tertiary/aromatic N) is 4. The Labute approximate surface area is 317 Å². The van der Waals surface area contributed by atoms with Gasteiger partial charge in [0.2, 0.25) is 0 Å². The Morgan fingerprint density at radius 3 is 2.14 bits per heavy atom. The molecule has 0 spiro atoms. The van der Waals surface area contributed by atoms with E-state index in [9.17, 15) is 0 Å². The molecule has 0 radical (unpaired) electrons. The fraction of sp³-hybridized carbons (Fsp3) is 0.289. The molecule has 3 heterocycles. The molecule has 5 nitrogen and oxygen atoms in total. The van der Waals surface area contributed by atoms with Gasteiger partial charge in [0.05, 0.1) is 11.4 Å². The van der Waals surface area contributed by atoms with Crippen molar-refractivity contribution < 1.29 is 25.8 Å². The summed E-state index contributed by atoms with van der Waals surface area (Å²) in [6.07, 6.45) is 1.90. The van der Waals surface area contributed by atoms with Crippen LogP contribution in [0, 0.1) is 32.9 Å². The van der Waals surface area contributed by atoms with Crippen molar-refractivity contribution in [2.45, 2.75) is 86.5 Å². The number of para-hydroxylation sites is 1. The maximum atomic E-state index is 6.71. The molecule has 0 aliphatic carbocycles. The summed E-state index contributed by atoms with van der Waals surface area (Å²) in [4.78, 5) is 4.81. The van der Waals surface area contributed by atoms with Crippen LogP contribution >= 0.6 is 0 Å². The Balaban J connectivity index is 0.00000448. The number of pyridine rings is 1. The van der Waals surface area contributed by atoms with Crippen LogP contribution in [0.2, 0.25) is 0 Å². The first-order chi connectivity index (χ1) is 23.8. The van der Waals surface area contributed by atoms with E-state index in [2.05, 4.69) is 163 Å². The zero-order valence-electron chi connectivity index (χ0n) is 31.3. The van der Waals surface area contributed by atoms with Gasteiger partial charge < -0.3 is 9.30 Å². The fourth-order valence-corrected chi connectivity index (χ4v) is 7.12. The van der Waals surface area contributed by atoms with Crippen molar-refractivity contribution in [1.82, 2.24) is 19.3 Å². The molecule has 4 aromatic carbocycles. The van der Waals surface area contributed by atoms with Gasteiger partial charge in [0.25, 0.3) is 0 Å². The number of hydrogen-bond donors (Lipinski definition) is 0. The summed E-state index contributed by atoms with van der Waals surface area (Å²) in [6, 6.07) is 34.9. The summed E-state index contributed by atoms with van der Waals surface area (Å²) >= 11 is 0. The van der Waals surface area contributed by atoms with Crippen molar-refractivity contribution >= 4 is 21.8 Å². The van der Waals surface area contributed by atoms with E-state index in [0.29, 0.717) is 17.4 Å². The van der Waals surface area contributed by atoms with Crippen LogP contribution in [0.3, 0.4) is 0 Å². The third kappa shape index (κ3) is 6.69. The normalized spacial score (nSPS) is 11.9. The molecular weight excluding hydrogens is 808 g/mol. The van der Waals surface area contributed by atoms with Gasteiger partial charge >= 0.3 is 21.1 Å². The summed E-state index contributed by atoms with van der Waals surface area (Å²) in [6.45, 7) is 22.1. The molecule has 0 aliphatic rings. The van der Waals surface area contributed by atoms with E-state index >= 15 is 0 Å². The van der Waals surface area contributed by atoms with E-state index in [4.69, 9.17) is 14.8 Å². The number of benzene rings is 4. The maximum Gasteiger partial charge on any atom is 2.00 e. The molecule has 0 amide bonds. The molecule has 0 unspecified atom stereocenters. The molecule has 51 heavy (non-hydrogen) atoms. The number of hydrogen-bond acceptors (Lipinski definition) is 3. The number of fused-ring (bicyclic) bond motifs is 3. The molecule has 0 bridgehead atoms. The van der Waals surface area contributed by atoms with E-state index < -0.39 is 0 Å². The van der Waals surface area contributed by atoms with E-state index in [1.165, 1.54) is 33.5 Å². The second-order valence-corrected chi connectivity index (χ2v) is 15.2. The van der Waals surface area contributed by atoms with Crippen molar-refractivity contribution in [3.63, 3.8) is 0 Å². The van der Waals surface area contributed by atoms with Crippen LogP contribution in [0.25, 0.3) is 44.4 Å². The minimum atomic E-state index is -0.134. The van der Waals surface area contributed by atoms with Gasteiger partial charge in [-0.1, -0.05) is 90.4 Å². The minimum absolute atomic E-state index is 0. The zero-order chi connectivity index (χ0) is 35.5. The zero-order valence-corrected chi connectivity index (χ0v) is 33.5. The Morgan fingerprint density at radius 2 is 1.45 bits per heavy atom. The summed E-state index contributed by atoms with van der Waals surface area (Å²) in [5, 5.41) is 7.43. The molecule has 0 saturated carbocycles. The average molecular weight is 854 g/mol. The predicted octanol–water partition coefficient (Wildman–Crippen LogP) is 11.9. The van der Waals surface area contributed by atoms with Crippen LogP contribution < -0.4 is 4.74 Å². The second kappa shape index (κ2) is 13.9. The van der Waals surface area contributed by atoms with Gasteiger partial charge in [-0.2, -0.15) is 11.2 Å². The van der Waals surface area contributed by atoms with E-state index in [-0.39, 0.29) is 32.4 Å². The standard InChI is InChI=1S/C45H46N4O.Pt/c1-27(2)32-20-21-46-41(22-32)48-39-17-12-11-16-37(39)38-19-18-35(26-40(38)48)50-36-24-33(45(8,9)10)23-34(25-36)49-44(28(3)4)43(31(7)47-49)42-29(5)14-13-15-30(42)6;/h11-24,27-28H,1-10H3;/q-2;+2. The first-order valence-corrected chi connectivity index (χ1v) is 17.7. The Morgan fingerprint density at radius 1 is 0.725 bits per heavy atom. The van der Waals surface area contributed by atoms with Gasteiger partial charge in [0.15, 0.2) is 0 Å². The topological polar surface area (TPSA) is 44.9 Å². The Bertz CT molecular complexity index is 2370. The summed E-state index contributed by atoms with van der Waals surface area (Å²) in [5.41, 5.74) is 12.3. The predicted molar refractivity (Wildman–Crippen MR) is 206 cm³/mol. The minimum Gasteiger partial charge on any atom is -0.509 e. The quantitative estimate of drug-likeness (QED) is 0.150. The van der Waals surface area contributed by atoms with E-state index in [1.54, 1.807) is 0 Å². The van der Waals surface area contributed by atoms with Crippen molar-refractivity contribution in [1.29, 1.82) is 0 Å². The molecular formula is C45H46N4OPt. The van der Waals surface area contributed by atoms with Crippen LogP contribution in [-0.2, 0) is 26.5 Å². The van der Waals surface area contributed by atoms with E-state index in [0.717, 1.165) is 44.6 Å². The monoisotopic (exact) mass is 853 g/mol. The molecule has 0 fully saturated rings. The number of rotatable bonds is 7. The van der Waals surface area contributed by atoms with Crippen LogP contribution in [0.5, 0.6) is 11.5 Å². The Kier molecular flexibility index (Phi) is 9.91. The van der Waals surface area contributed by atoms with Gasteiger partial charge in [0, 0.05) is 28.8 Å². The van der Waals surface area contributed by atoms with Crippen LogP contribution in [-0.4, -0.2) is 19.3 Å². The fourth-order valence-electron chi connectivity index (χ4n) is 7.12. The van der Waals surface area contributed by atoms with Crippen molar-refractivity contribution in [2.75, 3.05) is 0 Å². The maximum absolute atomic E-state index is 6.71. The van der Waals surface area contributed by atoms with Crippen molar-refractivity contribution in [2.24, 2.45) is 0 Å².